The summed E-state index contributed by atoms with van der Waals surface area (Å²) >= 11 is 5.56. The molecule has 1 aromatic heterocycles. The Balaban J connectivity index is 2.10. The number of ether oxygens (including phenoxy) is 1. The molecule has 0 saturated heterocycles. The van der Waals surface area contributed by atoms with Gasteiger partial charge in [0.15, 0.2) is 10.6 Å². The summed E-state index contributed by atoms with van der Waals surface area (Å²) in [6.45, 7) is 8.57. The minimum atomic E-state index is -0.754. The molecule has 0 bridgehead atoms. The van der Waals surface area contributed by atoms with Gasteiger partial charge in [0.2, 0.25) is 5.88 Å². The lowest BCUT2D eigenvalue weighted by Gasteiger charge is -2.38. The summed E-state index contributed by atoms with van der Waals surface area (Å²) in [6, 6.07) is 6.13. The number of allylic oxidation sites excluding steroid dienone is 2. The lowest BCUT2D eigenvalue weighted by Crippen LogP contribution is -2.39. The van der Waals surface area contributed by atoms with Gasteiger partial charge in [-0.25, -0.2) is 0 Å². The van der Waals surface area contributed by atoms with Crippen LogP contribution in [0, 0.1) is 20.3 Å². The second-order valence-corrected chi connectivity index (χ2v) is 9.33. The van der Waals surface area contributed by atoms with Gasteiger partial charge < -0.3 is 4.74 Å². The molecule has 2 aromatic rings. The van der Waals surface area contributed by atoms with Crippen molar-refractivity contribution in [1.82, 2.24) is 9.13 Å². The van der Waals surface area contributed by atoms with Crippen molar-refractivity contribution in [2.75, 3.05) is 0 Å². The Hall–Kier alpha value is -3.07. The summed E-state index contributed by atoms with van der Waals surface area (Å²) < 4.78 is 9.85. The standard InChI is InChI=1S/C23H25N3O5S/c1-5-24-20(28)19-17(13-8-7-9-14(10-13)26(29)30)18-15(27)11-23(3,4)12-16(18)31-21(19)25(6-2)22(24)32/h7-10,17H,5-6,11-12H2,1-4H3. The van der Waals surface area contributed by atoms with Crippen molar-refractivity contribution in [3.63, 3.8) is 0 Å². The van der Waals surface area contributed by atoms with Crippen LogP contribution in [0.1, 0.15) is 57.6 Å². The number of hydrogen-bond donors (Lipinski definition) is 0. The molecule has 32 heavy (non-hydrogen) atoms. The van der Waals surface area contributed by atoms with Crippen LogP contribution >= 0.6 is 12.2 Å². The zero-order valence-electron chi connectivity index (χ0n) is 18.5. The summed E-state index contributed by atoms with van der Waals surface area (Å²) in [5.41, 5.74) is 0.501. The number of rotatable bonds is 4. The monoisotopic (exact) mass is 455 g/mol. The van der Waals surface area contributed by atoms with Crippen molar-refractivity contribution in [1.29, 1.82) is 0 Å². The van der Waals surface area contributed by atoms with Crippen LogP contribution in [0.3, 0.4) is 0 Å². The van der Waals surface area contributed by atoms with Crippen molar-refractivity contribution in [2.24, 2.45) is 5.41 Å². The molecule has 0 saturated carbocycles. The largest absolute Gasteiger partial charge is 0.444 e. The normalized spacial score (nSPS) is 19.2. The van der Waals surface area contributed by atoms with Crippen molar-refractivity contribution in [3.8, 4) is 5.88 Å². The highest BCUT2D eigenvalue weighted by Crippen LogP contribution is 2.49. The Bertz CT molecular complexity index is 1300. The second-order valence-electron chi connectivity index (χ2n) is 8.96. The average molecular weight is 456 g/mol. The van der Waals surface area contributed by atoms with Crippen LogP contribution in [0.15, 0.2) is 40.4 Å². The van der Waals surface area contributed by atoms with Gasteiger partial charge in [0, 0.05) is 43.6 Å². The number of carbonyl (C=O) groups is 1. The van der Waals surface area contributed by atoms with Gasteiger partial charge in [0.05, 0.1) is 16.4 Å². The van der Waals surface area contributed by atoms with E-state index in [0.717, 1.165) is 0 Å². The number of fused-ring (bicyclic) bond motifs is 1. The van der Waals surface area contributed by atoms with E-state index in [1.54, 1.807) is 16.7 Å². The van der Waals surface area contributed by atoms with Gasteiger partial charge in [-0.05, 0) is 37.0 Å². The Morgan fingerprint density at radius 3 is 2.50 bits per heavy atom. The lowest BCUT2D eigenvalue weighted by atomic mass is 9.70. The van der Waals surface area contributed by atoms with Crippen molar-refractivity contribution >= 4 is 23.7 Å². The third-order valence-corrected chi connectivity index (χ3v) is 6.58. The van der Waals surface area contributed by atoms with E-state index in [1.807, 2.05) is 27.7 Å². The Labute approximate surface area is 190 Å². The highest BCUT2D eigenvalue weighted by Gasteiger charge is 2.44. The fraction of sp³-hybridized carbons (Fsp3) is 0.435. The molecule has 8 nitrogen and oxygen atoms in total. The molecule has 9 heteroatoms. The molecule has 4 rings (SSSR count). The number of ketones is 1. The SMILES string of the molecule is CCn1c2c(c(=O)n(CC)c1=S)C(c1cccc([N+](=O)[O-])c1)C1=C(CC(C)(C)CC1=O)O2. The molecule has 168 valence electrons. The number of hydrogen-bond acceptors (Lipinski definition) is 6. The van der Waals surface area contributed by atoms with Gasteiger partial charge in [-0.15, -0.1) is 0 Å². The van der Waals surface area contributed by atoms with Crippen LogP contribution in [-0.2, 0) is 17.9 Å². The molecule has 2 aliphatic rings. The third-order valence-electron chi connectivity index (χ3n) is 6.14. The van der Waals surface area contributed by atoms with E-state index < -0.39 is 10.8 Å². The third kappa shape index (κ3) is 3.40. The Morgan fingerprint density at radius 1 is 1.19 bits per heavy atom. The van der Waals surface area contributed by atoms with Crippen LogP contribution in [0.4, 0.5) is 5.69 Å². The fourth-order valence-electron chi connectivity index (χ4n) is 4.72. The fourth-order valence-corrected chi connectivity index (χ4v) is 5.14. The minimum Gasteiger partial charge on any atom is -0.444 e. The topological polar surface area (TPSA) is 96.4 Å². The number of carbonyl (C=O) groups excluding carboxylic acids is 1. The second kappa shape index (κ2) is 7.81. The minimum absolute atomic E-state index is 0.0969. The van der Waals surface area contributed by atoms with Crippen molar-refractivity contribution < 1.29 is 14.5 Å². The van der Waals surface area contributed by atoms with Crippen molar-refractivity contribution in [3.05, 3.63) is 72.0 Å². The molecule has 0 radical (unpaired) electrons. The van der Waals surface area contributed by atoms with Crippen LogP contribution < -0.4 is 10.3 Å². The molecular formula is C23H25N3O5S. The smallest absolute Gasteiger partial charge is 0.269 e. The summed E-state index contributed by atoms with van der Waals surface area (Å²) in [5, 5.41) is 11.4. The molecule has 1 atom stereocenters. The number of nitrogens with zero attached hydrogens (tertiary/aromatic N) is 3. The first-order chi connectivity index (χ1) is 15.1. The number of benzene rings is 1. The zero-order valence-corrected chi connectivity index (χ0v) is 19.3. The van der Waals surface area contributed by atoms with Gasteiger partial charge in [-0.3, -0.25) is 28.8 Å². The van der Waals surface area contributed by atoms with Crippen LogP contribution in [-0.4, -0.2) is 19.8 Å². The molecule has 1 unspecified atom stereocenters. The first kappa shape index (κ1) is 22.1. The molecule has 0 N–H and O–H groups in total. The molecule has 1 aromatic carbocycles. The molecular weight excluding hydrogens is 430 g/mol. The van der Waals surface area contributed by atoms with Gasteiger partial charge in [-0.2, -0.15) is 0 Å². The first-order valence-corrected chi connectivity index (χ1v) is 11.1. The average Bonchev–Trinajstić information content (AvgIpc) is 2.72. The maximum atomic E-state index is 13.6. The van der Waals surface area contributed by atoms with Crippen LogP contribution in [0.2, 0.25) is 0 Å². The summed E-state index contributed by atoms with van der Waals surface area (Å²) in [6.07, 6.45) is 0.830. The highest BCUT2D eigenvalue weighted by molar-refractivity contribution is 7.71. The molecule has 0 amide bonds. The van der Waals surface area contributed by atoms with Gasteiger partial charge >= 0.3 is 0 Å². The molecule has 1 aliphatic heterocycles. The maximum Gasteiger partial charge on any atom is 0.269 e. The van der Waals surface area contributed by atoms with E-state index in [0.29, 0.717) is 59.0 Å². The number of non-ortho nitro benzene ring substituents is 1. The van der Waals surface area contributed by atoms with Crippen LogP contribution in [0.5, 0.6) is 5.88 Å². The number of nitro benzene ring substituents is 1. The van der Waals surface area contributed by atoms with E-state index >= 15 is 0 Å². The Kier molecular flexibility index (Phi) is 5.40. The van der Waals surface area contributed by atoms with Gasteiger partial charge in [-0.1, -0.05) is 26.0 Å². The maximum absolute atomic E-state index is 13.6. The summed E-state index contributed by atoms with van der Waals surface area (Å²) in [4.78, 5) is 37.9. The number of Topliss-reactive ketones (excluding diaryl/α,β-unsaturated/α-hetero) is 1. The van der Waals surface area contributed by atoms with Gasteiger partial charge in [0.25, 0.3) is 11.2 Å². The van der Waals surface area contributed by atoms with E-state index in [2.05, 4.69) is 0 Å². The van der Waals surface area contributed by atoms with E-state index in [1.165, 1.54) is 16.7 Å². The quantitative estimate of drug-likeness (QED) is 0.383. The number of aromatic nitrogens is 2. The first-order valence-electron chi connectivity index (χ1n) is 10.7. The summed E-state index contributed by atoms with van der Waals surface area (Å²) in [7, 11) is 0. The van der Waals surface area contributed by atoms with Crippen molar-refractivity contribution in [2.45, 2.75) is 59.5 Å². The molecule has 1 aliphatic carbocycles. The molecule has 2 heterocycles. The Morgan fingerprint density at radius 2 is 1.88 bits per heavy atom. The van der Waals surface area contributed by atoms with Crippen LogP contribution in [0.25, 0.3) is 0 Å². The zero-order chi connectivity index (χ0) is 23.4. The van der Waals surface area contributed by atoms with Gasteiger partial charge in [0.1, 0.15) is 5.76 Å². The number of nitro groups is 1. The van der Waals surface area contributed by atoms with E-state index in [9.17, 15) is 19.7 Å². The van der Waals surface area contributed by atoms with E-state index in [4.69, 9.17) is 17.0 Å². The highest BCUT2D eigenvalue weighted by atomic mass is 32.1. The molecule has 0 fully saturated rings. The van der Waals surface area contributed by atoms with E-state index in [-0.39, 0.29) is 22.4 Å². The lowest BCUT2D eigenvalue weighted by molar-refractivity contribution is -0.384. The summed E-state index contributed by atoms with van der Waals surface area (Å²) in [5.74, 6) is -0.0178. The molecule has 0 spiro atoms. The predicted molar refractivity (Wildman–Crippen MR) is 121 cm³/mol. The predicted octanol–water partition coefficient (Wildman–Crippen LogP) is 4.49.